The fourth-order valence-electron chi connectivity index (χ4n) is 4.37. The number of hydrogen-bond acceptors (Lipinski definition) is 3. The number of benzene rings is 2. The largest absolute Gasteiger partial charge is 0.348 e. The van der Waals surface area contributed by atoms with Crippen molar-refractivity contribution in [1.82, 2.24) is 9.80 Å². The van der Waals surface area contributed by atoms with Crippen molar-refractivity contribution >= 4 is 17.5 Å². The van der Waals surface area contributed by atoms with Crippen molar-refractivity contribution in [2.45, 2.75) is 39.2 Å². The monoisotopic (exact) mass is 407 g/mol. The summed E-state index contributed by atoms with van der Waals surface area (Å²) in [6.45, 7) is 4.22. The number of rotatable bonds is 7. The zero-order valence-electron chi connectivity index (χ0n) is 18.4. The third kappa shape index (κ3) is 5.70. The van der Waals surface area contributed by atoms with Crippen LogP contribution in [0.25, 0.3) is 0 Å². The van der Waals surface area contributed by atoms with Gasteiger partial charge in [0.2, 0.25) is 11.8 Å². The predicted molar refractivity (Wildman–Crippen MR) is 121 cm³/mol. The Bertz CT molecular complexity index is 838. The molecular formula is C25H33N3O2. The molecule has 0 aromatic heterocycles. The molecule has 0 spiro atoms. The second-order valence-electron chi connectivity index (χ2n) is 8.62. The maximum Gasteiger partial charge on any atom is 0.228 e. The van der Waals surface area contributed by atoms with Crippen LogP contribution in [0.5, 0.6) is 0 Å². The Balaban J connectivity index is 1.61. The molecule has 30 heavy (non-hydrogen) atoms. The molecule has 0 bridgehead atoms. The van der Waals surface area contributed by atoms with Gasteiger partial charge < -0.3 is 10.2 Å². The summed E-state index contributed by atoms with van der Waals surface area (Å²) in [5, 5.41) is 2.80. The number of nitrogens with zero attached hydrogens (tertiary/aromatic N) is 2. The van der Waals surface area contributed by atoms with E-state index in [2.05, 4.69) is 46.6 Å². The quantitative estimate of drug-likeness (QED) is 0.756. The van der Waals surface area contributed by atoms with Crippen LogP contribution < -0.4 is 5.32 Å². The number of piperidine rings is 1. The average Bonchev–Trinajstić information content (AvgIpc) is 2.74. The summed E-state index contributed by atoms with van der Waals surface area (Å²) < 4.78 is 0. The van der Waals surface area contributed by atoms with E-state index in [0.29, 0.717) is 0 Å². The zero-order valence-corrected chi connectivity index (χ0v) is 18.4. The highest BCUT2D eigenvalue weighted by Crippen LogP contribution is 2.38. The topological polar surface area (TPSA) is 52.7 Å². The van der Waals surface area contributed by atoms with E-state index in [9.17, 15) is 9.59 Å². The second kappa shape index (κ2) is 9.90. The van der Waals surface area contributed by atoms with Crippen molar-refractivity contribution in [3.8, 4) is 0 Å². The highest BCUT2D eigenvalue weighted by molar-refractivity contribution is 5.88. The Morgan fingerprint density at radius 2 is 1.60 bits per heavy atom. The molecule has 1 saturated heterocycles. The number of hydrogen-bond donors (Lipinski definition) is 1. The van der Waals surface area contributed by atoms with Crippen molar-refractivity contribution in [2.24, 2.45) is 5.41 Å². The van der Waals surface area contributed by atoms with Crippen molar-refractivity contribution in [1.29, 1.82) is 0 Å². The van der Waals surface area contributed by atoms with Gasteiger partial charge in [0, 0.05) is 33.3 Å². The molecule has 5 nitrogen and oxygen atoms in total. The molecule has 5 heteroatoms. The molecule has 3 rings (SSSR count). The second-order valence-corrected chi connectivity index (χ2v) is 8.62. The van der Waals surface area contributed by atoms with Gasteiger partial charge in [-0.05, 0) is 62.0 Å². The first kappa shape index (κ1) is 22.0. The van der Waals surface area contributed by atoms with Gasteiger partial charge in [-0.25, -0.2) is 0 Å². The summed E-state index contributed by atoms with van der Waals surface area (Å²) in [7, 11) is 3.74. The van der Waals surface area contributed by atoms with E-state index in [4.69, 9.17) is 0 Å². The van der Waals surface area contributed by atoms with Crippen molar-refractivity contribution in [2.75, 3.05) is 32.5 Å². The van der Waals surface area contributed by atoms with Crippen LogP contribution in [0.2, 0.25) is 0 Å². The molecular weight excluding hydrogens is 374 g/mol. The van der Waals surface area contributed by atoms with E-state index < -0.39 is 0 Å². The number of aryl methyl sites for hydroxylation is 1. The summed E-state index contributed by atoms with van der Waals surface area (Å²) in [4.78, 5) is 28.5. The fourth-order valence-corrected chi connectivity index (χ4v) is 4.37. The molecule has 1 heterocycles. The molecule has 0 atom stereocenters. The number of carbonyl (C=O) groups excluding carboxylic acids is 2. The van der Waals surface area contributed by atoms with Crippen molar-refractivity contribution in [3.63, 3.8) is 0 Å². The summed E-state index contributed by atoms with van der Waals surface area (Å²) in [5.74, 6) is 0.203. The van der Waals surface area contributed by atoms with Gasteiger partial charge in [-0.15, -0.1) is 0 Å². The summed E-state index contributed by atoms with van der Waals surface area (Å²) in [6, 6.07) is 18.5. The van der Waals surface area contributed by atoms with Crippen molar-refractivity contribution < 1.29 is 9.59 Å². The SMILES string of the molecule is CC(=O)Nc1ccc(CN2CCC(CCc3ccccc3)(C(=O)N(C)C)CC2)cc1. The molecule has 1 fully saturated rings. The summed E-state index contributed by atoms with van der Waals surface area (Å²) >= 11 is 0. The lowest BCUT2D eigenvalue weighted by molar-refractivity contribution is -0.143. The maximum atomic E-state index is 13.1. The van der Waals surface area contributed by atoms with E-state index in [1.165, 1.54) is 18.1 Å². The van der Waals surface area contributed by atoms with Gasteiger partial charge in [-0.3, -0.25) is 14.5 Å². The van der Waals surface area contributed by atoms with Crippen LogP contribution in [0.1, 0.15) is 37.3 Å². The average molecular weight is 408 g/mol. The van der Waals surface area contributed by atoms with E-state index >= 15 is 0 Å². The maximum absolute atomic E-state index is 13.1. The Morgan fingerprint density at radius 1 is 0.967 bits per heavy atom. The number of nitrogens with one attached hydrogen (secondary N) is 1. The zero-order chi connectivity index (χ0) is 21.6. The van der Waals surface area contributed by atoms with Crippen molar-refractivity contribution in [3.05, 3.63) is 65.7 Å². The van der Waals surface area contributed by atoms with Crippen LogP contribution in [0, 0.1) is 5.41 Å². The molecule has 1 aliphatic rings. The van der Waals surface area contributed by atoms with Gasteiger partial charge in [0.05, 0.1) is 5.41 Å². The summed E-state index contributed by atoms with van der Waals surface area (Å²) in [6.07, 6.45) is 3.61. The molecule has 2 amide bonds. The third-order valence-electron chi connectivity index (χ3n) is 6.09. The number of anilines is 1. The van der Waals surface area contributed by atoms with Crippen LogP contribution in [-0.4, -0.2) is 48.8 Å². The Labute approximate surface area is 180 Å². The molecule has 0 unspecified atom stereocenters. The van der Waals surface area contributed by atoms with Crippen LogP contribution >= 0.6 is 0 Å². The van der Waals surface area contributed by atoms with Gasteiger partial charge in [-0.2, -0.15) is 0 Å². The lowest BCUT2D eigenvalue weighted by Crippen LogP contribution is -2.48. The van der Waals surface area contributed by atoms with E-state index in [-0.39, 0.29) is 17.2 Å². The Hall–Kier alpha value is -2.66. The van der Waals surface area contributed by atoms with E-state index in [1.807, 2.05) is 32.3 Å². The smallest absolute Gasteiger partial charge is 0.228 e. The molecule has 1 aliphatic heterocycles. The number of likely N-dealkylation sites (tertiary alicyclic amines) is 1. The Kier molecular flexibility index (Phi) is 7.27. The Morgan fingerprint density at radius 3 is 2.17 bits per heavy atom. The van der Waals surface area contributed by atoms with Gasteiger partial charge in [-0.1, -0.05) is 42.5 Å². The van der Waals surface area contributed by atoms with Gasteiger partial charge >= 0.3 is 0 Å². The van der Waals surface area contributed by atoms with E-state index in [0.717, 1.165) is 51.0 Å². The van der Waals surface area contributed by atoms with Gasteiger partial charge in [0.25, 0.3) is 0 Å². The highest BCUT2D eigenvalue weighted by Gasteiger charge is 2.41. The minimum absolute atomic E-state index is 0.0591. The molecule has 0 aliphatic carbocycles. The first-order valence-corrected chi connectivity index (χ1v) is 10.7. The molecule has 0 saturated carbocycles. The predicted octanol–water partition coefficient (Wildman–Crippen LogP) is 3.95. The normalized spacial score (nSPS) is 16.1. The number of carbonyl (C=O) groups is 2. The van der Waals surface area contributed by atoms with Crippen LogP contribution in [0.4, 0.5) is 5.69 Å². The van der Waals surface area contributed by atoms with Crippen LogP contribution in [-0.2, 0) is 22.6 Å². The third-order valence-corrected chi connectivity index (χ3v) is 6.09. The molecule has 1 N–H and O–H groups in total. The van der Waals surface area contributed by atoms with Gasteiger partial charge in [0.15, 0.2) is 0 Å². The fraction of sp³-hybridized carbons (Fsp3) is 0.440. The number of amides is 2. The molecule has 2 aromatic carbocycles. The first-order chi connectivity index (χ1) is 14.4. The van der Waals surface area contributed by atoms with Crippen LogP contribution in [0.15, 0.2) is 54.6 Å². The minimum Gasteiger partial charge on any atom is -0.348 e. The molecule has 2 aromatic rings. The van der Waals surface area contributed by atoms with Crippen LogP contribution in [0.3, 0.4) is 0 Å². The molecule has 0 radical (unpaired) electrons. The van der Waals surface area contributed by atoms with E-state index in [1.54, 1.807) is 4.90 Å². The lowest BCUT2D eigenvalue weighted by atomic mass is 9.73. The molecule has 160 valence electrons. The lowest BCUT2D eigenvalue weighted by Gasteiger charge is -2.42. The summed E-state index contributed by atoms with van der Waals surface area (Å²) in [5.41, 5.74) is 3.07. The standard InChI is InChI=1S/C25H33N3O2/c1-20(29)26-23-11-9-22(10-12-23)19-28-17-15-25(16-18-28,24(30)27(2)3)14-13-21-7-5-4-6-8-21/h4-12H,13-19H2,1-3H3,(H,26,29). The first-order valence-electron chi connectivity index (χ1n) is 10.7. The highest BCUT2D eigenvalue weighted by atomic mass is 16.2. The minimum atomic E-state index is -0.273. The van der Waals surface area contributed by atoms with Gasteiger partial charge in [0.1, 0.15) is 0 Å².